The van der Waals surface area contributed by atoms with Gasteiger partial charge >= 0.3 is 0 Å². The van der Waals surface area contributed by atoms with Crippen LogP contribution in [-0.2, 0) is 6.42 Å². The molecule has 0 amide bonds. The Hall–Kier alpha value is -3.01. The van der Waals surface area contributed by atoms with Crippen LogP contribution < -0.4 is 0 Å². The summed E-state index contributed by atoms with van der Waals surface area (Å²) in [6.45, 7) is 0. The number of hydrogen-bond acceptors (Lipinski definition) is 1. The minimum Gasteiger partial charge on any atom is -0.342 e. The van der Waals surface area contributed by atoms with Crippen LogP contribution in [0.25, 0.3) is 11.0 Å². The Morgan fingerprint density at radius 2 is 1.36 bits per heavy atom. The van der Waals surface area contributed by atoms with Crippen molar-refractivity contribution in [3.8, 4) is 0 Å². The Kier molecular flexibility index (Phi) is 4.02. The minimum atomic E-state index is -0.881. The first-order valence-corrected chi connectivity index (χ1v) is 8.14. The van der Waals surface area contributed by atoms with Crippen LogP contribution in [0.1, 0.15) is 22.9 Å². The molecule has 4 heteroatoms. The maximum atomic E-state index is 13.4. The zero-order chi connectivity index (χ0) is 17.2. The second-order valence-corrected chi connectivity index (χ2v) is 6.05. The fourth-order valence-corrected chi connectivity index (χ4v) is 3.15. The highest BCUT2D eigenvalue weighted by Crippen LogP contribution is 2.28. The molecule has 3 aromatic carbocycles. The number of H-pyrrole nitrogens is 1. The number of benzene rings is 3. The largest absolute Gasteiger partial charge is 0.342 e. The van der Waals surface area contributed by atoms with Crippen LogP contribution in [0.3, 0.4) is 0 Å². The molecule has 0 saturated heterocycles. The SMILES string of the molecule is Fc1cc2nc(CC(c3ccccc3)c3ccccc3)[nH]c2cc1F. The lowest BCUT2D eigenvalue weighted by Crippen LogP contribution is -2.06. The van der Waals surface area contributed by atoms with Gasteiger partial charge in [-0.25, -0.2) is 13.8 Å². The Morgan fingerprint density at radius 3 is 1.96 bits per heavy atom. The molecule has 0 saturated carbocycles. The number of nitrogens with zero attached hydrogens (tertiary/aromatic N) is 1. The third-order valence-corrected chi connectivity index (χ3v) is 4.37. The summed E-state index contributed by atoms with van der Waals surface area (Å²) in [6.07, 6.45) is 0.617. The summed E-state index contributed by atoms with van der Waals surface area (Å²) in [6, 6.07) is 22.6. The third-order valence-electron chi connectivity index (χ3n) is 4.37. The van der Waals surface area contributed by atoms with Crippen molar-refractivity contribution in [3.63, 3.8) is 0 Å². The first-order chi connectivity index (χ1) is 12.2. The molecular formula is C21H16F2N2. The lowest BCUT2D eigenvalue weighted by molar-refractivity contribution is 0.510. The first kappa shape index (κ1) is 15.5. The molecule has 0 aliphatic carbocycles. The minimum absolute atomic E-state index is 0.109. The maximum Gasteiger partial charge on any atom is 0.161 e. The molecule has 1 heterocycles. The van der Waals surface area contributed by atoms with Gasteiger partial charge in [0.25, 0.3) is 0 Å². The number of fused-ring (bicyclic) bond motifs is 1. The van der Waals surface area contributed by atoms with Crippen LogP contribution in [0, 0.1) is 11.6 Å². The monoisotopic (exact) mass is 334 g/mol. The van der Waals surface area contributed by atoms with E-state index in [0.29, 0.717) is 23.3 Å². The summed E-state index contributed by atoms with van der Waals surface area (Å²) >= 11 is 0. The lowest BCUT2D eigenvalue weighted by Gasteiger charge is -2.17. The van der Waals surface area contributed by atoms with Gasteiger partial charge in [-0.2, -0.15) is 0 Å². The van der Waals surface area contributed by atoms with Gasteiger partial charge in [-0.15, -0.1) is 0 Å². The van der Waals surface area contributed by atoms with Crippen molar-refractivity contribution in [3.05, 3.63) is 101 Å². The van der Waals surface area contributed by atoms with Gasteiger partial charge in [-0.05, 0) is 11.1 Å². The van der Waals surface area contributed by atoms with Crippen LogP contribution in [0.4, 0.5) is 8.78 Å². The van der Waals surface area contributed by atoms with Gasteiger partial charge in [0.1, 0.15) is 5.82 Å². The van der Waals surface area contributed by atoms with Gasteiger partial charge in [0.2, 0.25) is 0 Å². The molecular weight excluding hydrogens is 318 g/mol. The zero-order valence-electron chi connectivity index (χ0n) is 13.4. The standard InChI is InChI=1S/C21H16F2N2/c22-17-12-19-20(13-18(17)23)25-21(24-19)11-16(14-7-3-1-4-8-14)15-9-5-2-6-10-15/h1-10,12-13,16H,11H2,(H,24,25). The molecule has 1 aromatic heterocycles. The average molecular weight is 334 g/mol. The predicted molar refractivity (Wildman–Crippen MR) is 94.4 cm³/mol. The number of halogens is 2. The summed E-state index contributed by atoms with van der Waals surface area (Å²) < 4.78 is 26.8. The number of hydrogen-bond donors (Lipinski definition) is 1. The van der Waals surface area contributed by atoms with Crippen LogP contribution in [0.2, 0.25) is 0 Å². The Morgan fingerprint density at radius 1 is 0.800 bits per heavy atom. The molecule has 0 bridgehead atoms. The van der Waals surface area contributed by atoms with Crippen LogP contribution in [0.15, 0.2) is 72.8 Å². The molecule has 0 radical (unpaired) electrons. The van der Waals surface area contributed by atoms with Crippen LogP contribution in [-0.4, -0.2) is 9.97 Å². The molecule has 0 atom stereocenters. The Labute approximate surface area is 144 Å². The highest BCUT2D eigenvalue weighted by molar-refractivity contribution is 5.75. The quantitative estimate of drug-likeness (QED) is 0.545. The zero-order valence-corrected chi connectivity index (χ0v) is 13.4. The highest BCUT2D eigenvalue weighted by Gasteiger charge is 2.17. The van der Waals surface area contributed by atoms with Crippen molar-refractivity contribution in [2.45, 2.75) is 12.3 Å². The van der Waals surface area contributed by atoms with Gasteiger partial charge in [0.05, 0.1) is 11.0 Å². The number of nitrogens with one attached hydrogen (secondary N) is 1. The van der Waals surface area contributed by atoms with Crippen molar-refractivity contribution in [2.75, 3.05) is 0 Å². The van der Waals surface area contributed by atoms with E-state index in [4.69, 9.17) is 0 Å². The number of aromatic amines is 1. The van der Waals surface area contributed by atoms with E-state index < -0.39 is 11.6 Å². The fourth-order valence-electron chi connectivity index (χ4n) is 3.15. The summed E-state index contributed by atoms with van der Waals surface area (Å²) in [4.78, 5) is 7.56. The number of aromatic nitrogens is 2. The van der Waals surface area contributed by atoms with E-state index in [1.54, 1.807) is 0 Å². The van der Waals surface area contributed by atoms with E-state index >= 15 is 0 Å². The van der Waals surface area contributed by atoms with Crippen molar-refractivity contribution in [2.24, 2.45) is 0 Å². The number of imidazole rings is 1. The second kappa shape index (κ2) is 6.48. The third kappa shape index (κ3) is 3.15. The van der Waals surface area contributed by atoms with Crippen LogP contribution in [0.5, 0.6) is 0 Å². The Bertz CT molecular complexity index is 916. The fraction of sp³-hybridized carbons (Fsp3) is 0.0952. The molecule has 4 rings (SSSR count). The van der Waals surface area contributed by atoms with E-state index in [1.807, 2.05) is 36.4 Å². The van der Waals surface area contributed by atoms with Crippen molar-refractivity contribution in [1.29, 1.82) is 0 Å². The maximum absolute atomic E-state index is 13.4. The number of rotatable bonds is 4. The summed E-state index contributed by atoms with van der Waals surface area (Å²) in [5.41, 5.74) is 3.29. The van der Waals surface area contributed by atoms with E-state index in [2.05, 4.69) is 34.2 Å². The van der Waals surface area contributed by atoms with Crippen molar-refractivity contribution in [1.82, 2.24) is 9.97 Å². The second-order valence-electron chi connectivity index (χ2n) is 6.05. The predicted octanol–water partition coefficient (Wildman–Crippen LogP) is 5.22. The normalized spacial score (nSPS) is 11.3. The van der Waals surface area contributed by atoms with Gasteiger partial charge < -0.3 is 4.98 Å². The molecule has 0 unspecified atom stereocenters. The first-order valence-electron chi connectivity index (χ1n) is 8.14. The van der Waals surface area contributed by atoms with Gasteiger partial charge in [-0.3, -0.25) is 0 Å². The Balaban J connectivity index is 1.74. The molecule has 0 spiro atoms. The molecule has 0 fully saturated rings. The average Bonchev–Trinajstić information content (AvgIpc) is 3.03. The molecule has 124 valence electrons. The molecule has 4 aromatic rings. The van der Waals surface area contributed by atoms with Crippen molar-refractivity contribution < 1.29 is 8.78 Å². The summed E-state index contributed by atoms with van der Waals surface area (Å²) in [7, 11) is 0. The highest BCUT2D eigenvalue weighted by atomic mass is 19.2. The summed E-state index contributed by atoms with van der Waals surface area (Å²) in [5, 5.41) is 0. The summed E-state index contributed by atoms with van der Waals surface area (Å²) in [5.74, 6) is -0.936. The van der Waals surface area contributed by atoms with Crippen LogP contribution >= 0.6 is 0 Å². The molecule has 0 aliphatic rings. The topological polar surface area (TPSA) is 28.7 Å². The molecule has 0 aliphatic heterocycles. The van der Waals surface area contributed by atoms with E-state index in [9.17, 15) is 8.78 Å². The van der Waals surface area contributed by atoms with E-state index in [1.165, 1.54) is 11.1 Å². The molecule has 2 nitrogen and oxygen atoms in total. The lowest BCUT2D eigenvalue weighted by atomic mass is 9.88. The van der Waals surface area contributed by atoms with Crippen molar-refractivity contribution >= 4 is 11.0 Å². The van der Waals surface area contributed by atoms with Gasteiger partial charge in [-0.1, -0.05) is 60.7 Å². The van der Waals surface area contributed by atoms with Gasteiger partial charge in [0.15, 0.2) is 11.6 Å². The molecule has 1 N–H and O–H groups in total. The van der Waals surface area contributed by atoms with E-state index in [0.717, 1.165) is 12.1 Å². The van der Waals surface area contributed by atoms with Gasteiger partial charge in [0, 0.05) is 24.5 Å². The van der Waals surface area contributed by atoms with E-state index in [-0.39, 0.29) is 5.92 Å². The molecule has 25 heavy (non-hydrogen) atoms. The smallest absolute Gasteiger partial charge is 0.161 e.